The summed E-state index contributed by atoms with van der Waals surface area (Å²) in [5.74, 6) is 0.316. The Morgan fingerprint density at radius 1 is 0.651 bits per heavy atom. The third-order valence-electron chi connectivity index (χ3n) is 7.93. The molecule has 0 aromatic carbocycles. The summed E-state index contributed by atoms with van der Waals surface area (Å²) in [6, 6.07) is 0. The molecule has 2 aliphatic rings. The summed E-state index contributed by atoms with van der Waals surface area (Å²) in [7, 11) is 0. The molecule has 43 heavy (non-hydrogen) atoms. The molecular formula is C40H52O3. The molecule has 0 aromatic rings. The lowest BCUT2D eigenvalue weighted by Gasteiger charge is -2.41. The fourth-order valence-electron chi connectivity index (χ4n) is 5.83. The molecule has 0 radical (unpaired) electrons. The van der Waals surface area contributed by atoms with E-state index in [1.807, 2.05) is 64.2 Å². The number of aliphatic hydroxyl groups is 1. The fourth-order valence-corrected chi connectivity index (χ4v) is 5.83. The van der Waals surface area contributed by atoms with Crippen LogP contribution in [0.2, 0.25) is 0 Å². The average molecular weight is 581 g/mol. The predicted octanol–water partition coefficient (Wildman–Crippen LogP) is 9.93. The number of hydrogen-bond donors (Lipinski definition) is 1. The average Bonchev–Trinajstić information content (AvgIpc) is 2.83. The predicted molar refractivity (Wildman–Crippen MR) is 184 cm³/mol. The van der Waals surface area contributed by atoms with Crippen LogP contribution in [0.5, 0.6) is 0 Å². The van der Waals surface area contributed by atoms with Crippen molar-refractivity contribution in [2.75, 3.05) is 0 Å². The van der Waals surface area contributed by atoms with Crippen molar-refractivity contribution in [2.45, 2.75) is 94.1 Å². The van der Waals surface area contributed by atoms with Gasteiger partial charge in [-0.25, -0.2) is 0 Å². The van der Waals surface area contributed by atoms with Crippen molar-refractivity contribution in [3.05, 3.63) is 130 Å². The van der Waals surface area contributed by atoms with Crippen molar-refractivity contribution < 1.29 is 14.7 Å². The number of carbonyl (C=O) groups excluding carboxylic acids is 2. The van der Waals surface area contributed by atoms with Gasteiger partial charge in [0.15, 0.2) is 5.78 Å². The maximum absolute atomic E-state index is 12.0. The SMILES string of the molecule is CC(C=CC=CC(C)=CC=CC(C)=CC=C1C(C)(C)CC(=O)CC1(C)O)=CC=CC(C)=CC=C1C(C)=CC(=O)CC1(C)C. The van der Waals surface area contributed by atoms with Crippen molar-refractivity contribution in [1.29, 1.82) is 0 Å². The van der Waals surface area contributed by atoms with E-state index in [-0.39, 0.29) is 28.8 Å². The van der Waals surface area contributed by atoms with E-state index in [1.165, 1.54) is 5.57 Å². The molecule has 0 aliphatic heterocycles. The summed E-state index contributed by atoms with van der Waals surface area (Å²) in [6.45, 7) is 20.3. The Kier molecular flexibility index (Phi) is 12.6. The van der Waals surface area contributed by atoms with E-state index in [9.17, 15) is 14.7 Å². The number of carbonyl (C=O) groups is 2. The topological polar surface area (TPSA) is 54.4 Å². The van der Waals surface area contributed by atoms with Crippen LogP contribution in [-0.4, -0.2) is 22.3 Å². The second-order valence-corrected chi connectivity index (χ2v) is 13.6. The minimum Gasteiger partial charge on any atom is -0.385 e. The summed E-state index contributed by atoms with van der Waals surface area (Å²) in [6.07, 6.45) is 31.8. The first kappa shape index (κ1) is 35.6. The van der Waals surface area contributed by atoms with Gasteiger partial charge in [-0.2, -0.15) is 0 Å². The second kappa shape index (κ2) is 15.3. The highest BCUT2D eigenvalue weighted by Crippen LogP contribution is 2.44. The van der Waals surface area contributed by atoms with Crippen LogP contribution in [0.25, 0.3) is 0 Å². The van der Waals surface area contributed by atoms with Gasteiger partial charge in [0, 0.05) is 19.3 Å². The van der Waals surface area contributed by atoms with Crippen molar-refractivity contribution in [2.24, 2.45) is 10.8 Å². The smallest absolute Gasteiger partial charge is 0.156 e. The quantitative estimate of drug-likeness (QED) is 0.276. The number of allylic oxidation sites excluding steroid dienone is 21. The summed E-state index contributed by atoms with van der Waals surface area (Å²) in [4.78, 5) is 23.9. The van der Waals surface area contributed by atoms with Gasteiger partial charge in [-0.3, -0.25) is 9.59 Å². The van der Waals surface area contributed by atoms with Gasteiger partial charge < -0.3 is 5.11 Å². The number of Topliss-reactive ketones (excluding diaryl/α,β-unsaturated/α-hetero) is 1. The van der Waals surface area contributed by atoms with E-state index >= 15 is 0 Å². The Morgan fingerprint density at radius 3 is 1.60 bits per heavy atom. The van der Waals surface area contributed by atoms with E-state index in [0.29, 0.717) is 12.8 Å². The fraction of sp³-hybridized carbons (Fsp3) is 0.400. The standard InChI is InChI=1S/C40H52O3/c1-29(17-13-19-31(3)21-23-36-33(5)25-34(41)26-38(36,6)7)15-11-12-16-30(2)18-14-20-32(4)22-24-37-39(8,9)27-35(42)28-40(37,10)43/h11-25,43H,26-28H2,1-10H3. The molecule has 1 unspecified atom stereocenters. The molecule has 1 saturated carbocycles. The van der Waals surface area contributed by atoms with Gasteiger partial charge in [-0.1, -0.05) is 135 Å². The van der Waals surface area contributed by atoms with Gasteiger partial charge in [0.05, 0.1) is 5.60 Å². The van der Waals surface area contributed by atoms with Gasteiger partial charge >= 0.3 is 0 Å². The Morgan fingerprint density at radius 2 is 1.12 bits per heavy atom. The van der Waals surface area contributed by atoms with Gasteiger partial charge in [-0.05, 0) is 75.2 Å². The third kappa shape index (κ3) is 11.6. The molecule has 2 rings (SSSR count). The largest absolute Gasteiger partial charge is 0.385 e. The maximum Gasteiger partial charge on any atom is 0.156 e. The van der Waals surface area contributed by atoms with Crippen molar-refractivity contribution >= 4 is 11.6 Å². The number of hydrogen-bond acceptors (Lipinski definition) is 3. The van der Waals surface area contributed by atoms with Gasteiger partial charge in [-0.15, -0.1) is 0 Å². The van der Waals surface area contributed by atoms with Crippen LogP contribution < -0.4 is 0 Å². The van der Waals surface area contributed by atoms with Gasteiger partial charge in [0.1, 0.15) is 5.78 Å². The molecule has 1 fully saturated rings. The normalized spacial score (nSPS) is 26.3. The first-order chi connectivity index (χ1) is 19.9. The zero-order valence-corrected chi connectivity index (χ0v) is 28.0. The van der Waals surface area contributed by atoms with E-state index in [0.717, 1.165) is 33.4 Å². The molecule has 230 valence electrons. The summed E-state index contributed by atoms with van der Waals surface area (Å²) in [5, 5.41) is 10.8. The van der Waals surface area contributed by atoms with Crippen molar-refractivity contribution in [3.8, 4) is 0 Å². The lowest BCUT2D eigenvalue weighted by atomic mass is 9.65. The Bertz CT molecular complexity index is 1390. The number of ketones is 2. The minimum atomic E-state index is -1.10. The second-order valence-electron chi connectivity index (χ2n) is 13.6. The van der Waals surface area contributed by atoms with Crippen LogP contribution in [0.3, 0.4) is 0 Å². The summed E-state index contributed by atoms with van der Waals surface area (Å²) >= 11 is 0. The molecule has 0 aromatic heterocycles. The molecule has 0 saturated heterocycles. The maximum atomic E-state index is 12.0. The molecule has 1 N–H and O–H groups in total. The first-order valence-electron chi connectivity index (χ1n) is 15.2. The van der Waals surface area contributed by atoms with Crippen LogP contribution >= 0.6 is 0 Å². The van der Waals surface area contributed by atoms with Crippen LogP contribution in [0, 0.1) is 10.8 Å². The summed E-state index contributed by atoms with van der Waals surface area (Å²) in [5.41, 5.74) is 6.11. The Labute approximate surface area is 260 Å². The Hall–Kier alpha value is -3.56. The lowest BCUT2D eigenvalue weighted by Crippen LogP contribution is -2.43. The van der Waals surface area contributed by atoms with E-state index < -0.39 is 5.60 Å². The molecule has 0 bridgehead atoms. The molecule has 3 heteroatoms. The highest BCUT2D eigenvalue weighted by molar-refractivity contribution is 5.93. The van der Waals surface area contributed by atoms with Crippen LogP contribution in [-0.2, 0) is 9.59 Å². The van der Waals surface area contributed by atoms with Crippen molar-refractivity contribution in [1.82, 2.24) is 0 Å². The minimum absolute atomic E-state index is 0.111. The molecule has 3 nitrogen and oxygen atoms in total. The van der Waals surface area contributed by atoms with Crippen molar-refractivity contribution in [3.63, 3.8) is 0 Å². The lowest BCUT2D eigenvalue weighted by molar-refractivity contribution is -0.127. The monoisotopic (exact) mass is 580 g/mol. The van der Waals surface area contributed by atoms with Crippen LogP contribution in [0.1, 0.15) is 88.5 Å². The van der Waals surface area contributed by atoms with Gasteiger partial charge in [0.2, 0.25) is 0 Å². The van der Waals surface area contributed by atoms with E-state index in [4.69, 9.17) is 0 Å². The van der Waals surface area contributed by atoms with Crippen LogP contribution in [0.4, 0.5) is 0 Å². The third-order valence-corrected chi connectivity index (χ3v) is 7.93. The Balaban J connectivity index is 1.94. The first-order valence-corrected chi connectivity index (χ1v) is 15.2. The zero-order valence-electron chi connectivity index (χ0n) is 28.0. The molecule has 0 heterocycles. The van der Waals surface area contributed by atoms with Gasteiger partial charge in [0.25, 0.3) is 0 Å². The van der Waals surface area contributed by atoms with Crippen LogP contribution in [0.15, 0.2) is 130 Å². The zero-order chi connectivity index (χ0) is 32.4. The summed E-state index contributed by atoms with van der Waals surface area (Å²) < 4.78 is 0. The van der Waals surface area contributed by atoms with E-state index in [1.54, 1.807) is 13.0 Å². The van der Waals surface area contributed by atoms with E-state index in [2.05, 4.69) is 83.2 Å². The molecule has 1 atom stereocenters. The molecule has 2 aliphatic carbocycles. The highest BCUT2D eigenvalue weighted by atomic mass is 16.3. The highest BCUT2D eigenvalue weighted by Gasteiger charge is 2.43. The molecule has 0 amide bonds. The molecular weight excluding hydrogens is 528 g/mol. The molecule has 0 spiro atoms. The number of rotatable bonds is 9.